The zero-order chi connectivity index (χ0) is 11.3. The third-order valence-electron chi connectivity index (χ3n) is 2.28. The molecular formula is C10H18N4O. The number of hydrogen-bond donors (Lipinski definition) is 2. The first kappa shape index (κ1) is 11.7. The molecule has 0 saturated carbocycles. The third-order valence-corrected chi connectivity index (χ3v) is 2.28. The quantitative estimate of drug-likeness (QED) is 0.766. The first-order chi connectivity index (χ1) is 7.19. The molecule has 5 heteroatoms. The summed E-state index contributed by atoms with van der Waals surface area (Å²) in [6, 6.07) is 0. The summed E-state index contributed by atoms with van der Waals surface area (Å²) in [5.74, 6) is 1.69. The average molecular weight is 210 g/mol. The van der Waals surface area contributed by atoms with E-state index >= 15 is 0 Å². The van der Waals surface area contributed by atoms with Gasteiger partial charge in [0.2, 0.25) is 0 Å². The summed E-state index contributed by atoms with van der Waals surface area (Å²) in [4.78, 5) is 8.29. The summed E-state index contributed by atoms with van der Waals surface area (Å²) in [5, 5.41) is 6.24. The second-order valence-corrected chi connectivity index (χ2v) is 3.37. The monoisotopic (exact) mass is 210 g/mol. The van der Waals surface area contributed by atoms with E-state index in [0.29, 0.717) is 0 Å². The molecule has 1 aromatic heterocycles. The lowest BCUT2D eigenvalue weighted by Crippen LogP contribution is -2.19. The fourth-order valence-electron chi connectivity index (χ4n) is 1.20. The molecule has 1 aromatic rings. The van der Waals surface area contributed by atoms with Crippen LogP contribution in [0.3, 0.4) is 0 Å². The Bertz CT molecular complexity index is 316. The summed E-state index contributed by atoms with van der Waals surface area (Å²) in [6.45, 7) is 4.71. The Morgan fingerprint density at radius 3 is 2.67 bits per heavy atom. The Morgan fingerprint density at radius 2 is 2.07 bits per heavy atom. The van der Waals surface area contributed by atoms with Crippen molar-refractivity contribution in [1.29, 1.82) is 0 Å². The van der Waals surface area contributed by atoms with E-state index in [9.17, 15) is 0 Å². The van der Waals surface area contributed by atoms with E-state index in [1.807, 2.05) is 20.9 Å². The summed E-state index contributed by atoms with van der Waals surface area (Å²) in [7, 11) is 3.54. The van der Waals surface area contributed by atoms with Crippen LogP contribution in [-0.2, 0) is 4.74 Å². The van der Waals surface area contributed by atoms with Crippen LogP contribution in [0.15, 0.2) is 6.33 Å². The van der Waals surface area contributed by atoms with Gasteiger partial charge in [-0.3, -0.25) is 0 Å². The molecule has 0 saturated heterocycles. The van der Waals surface area contributed by atoms with E-state index in [4.69, 9.17) is 4.74 Å². The fourth-order valence-corrected chi connectivity index (χ4v) is 1.20. The lowest BCUT2D eigenvalue weighted by Gasteiger charge is -2.13. The first-order valence-corrected chi connectivity index (χ1v) is 4.95. The van der Waals surface area contributed by atoms with Crippen LogP contribution in [0.25, 0.3) is 0 Å². The maximum absolute atomic E-state index is 5.15. The maximum Gasteiger partial charge on any atom is 0.134 e. The number of methoxy groups -OCH3 is 1. The molecule has 5 nitrogen and oxygen atoms in total. The largest absolute Gasteiger partial charge is 0.380 e. The second-order valence-electron chi connectivity index (χ2n) is 3.37. The SMILES string of the molecule is CNc1ncnc(NCC(C)OC)c1C. The average Bonchev–Trinajstić information content (AvgIpc) is 2.27. The van der Waals surface area contributed by atoms with Crippen LogP contribution in [0, 0.1) is 6.92 Å². The van der Waals surface area contributed by atoms with Gasteiger partial charge in [0.05, 0.1) is 6.10 Å². The van der Waals surface area contributed by atoms with E-state index in [2.05, 4.69) is 20.6 Å². The molecular weight excluding hydrogens is 192 g/mol. The van der Waals surface area contributed by atoms with E-state index in [1.54, 1.807) is 13.4 Å². The molecule has 84 valence electrons. The van der Waals surface area contributed by atoms with Gasteiger partial charge in [0.1, 0.15) is 18.0 Å². The molecule has 0 amide bonds. The van der Waals surface area contributed by atoms with Crippen molar-refractivity contribution < 1.29 is 4.74 Å². The number of aromatic nitrogens is 2. The molecule has 15 heavy (non-hydrogen) atoms. The Labute approximate surface area is 90.3 Å². The summed E-state index contributed by atoms with van der Waals surface area (Å²) in [5.41, 5.74) is 1.02. The van der Waals surface area contributed by atoms with Crippen molar-refractivity contribution in [3.63, 3.8) is 0 Å². The van der Waals surface area contributed by atoms with Gasteiger partial charge in [0.25, 0.3) is 0 Å². The number of ether oxygens (including phenoxy) is 1. The highest BCUT2D eigenvalue weighted by atomic mass is 16.5. The van der Waals surface area contributed by atoms with E-state index in [1.165, 1.54) is 0 Å². The van der Waals surface area contributed by atoms with Crippen LogP contribution in [0.4, 0.5) is 11.6 Å². The molecule has 0 aliphatic carbocycles. The van der Waals surface area contributed by atoms with E-state index < -0.39 is 0 Å². The molecule has 0 bridgehead atoms. The van der Waals surface area contributed by atoms with E-state index in [0.717, 1.165) is 23.7 Å². The van der Waals surface area contributed by atoms with E-state index in [-0.39, 0.29) is 6.10 Å². The minimum atomic E-state index is 0.164. The number of rotatable bonds is 5. The van der Waals surface area contributed by atoms with Gasteiger partial charge >= 0.3 is 0 Å². The maximum atomic E-state index is 5.15. The van der Waals surface area contributed by atoms with Crippen LogP contribution in [-0.4, -0.2) is 36.8 Å². The Balaban J connectivity index is 2.68. The van der Waals surface area contributed by atoms with Gasteiger partial charge in [-0.1, -0.05) is 0 Å². The number of nitrogens with zero attached hydrogens (tertiary/aromatic N) is 2. The molecule has 0 fully saturated rings. The lowest BCUT2D eigenvalue weighted by atomic mass is 10.3. The molecule has 0 aliphatic rings. The highest BCUT2D eigenvalue weighted by Gasteiger charge is 2.06. The zero-order valence-electron chi connectivity index (χ0n) is 9.66. The van der Waals surface area contributed by atoms with Crippen molar-refractivity contribution in [3.05, 3.63) is 11.9 Å². The highest BCUT2D eigenvalue weighted by Crippen LogP contribution is 2.17. The molecule has 0 aliphatic heterocycles. The Hall–Kier alpha value is -1.36. The normalized spacial score (nSPS) is 12.3. The van der Waals surface area contributed by atoms with Crippen LogP contribution in [0.2, 0.25) is 0 Å². The van der Waals surface area contributed by atoms with Gasteiger partial charge in [0.15, 0.2) is 0 Å². The molecule has 1 rings (SSSR count). The zero-order valence-corrected chi connectivity index (χ0v) is 9.66. The topological polar surface area (TPSA) is 59.1 Å². The second kappa shape index (κ2) is 5.50. The summed E-state index contributed by atoms with van der Waals surface area (Å²) < 4.78 is 5.15. The number of anilines is 2. The van der Waals surface area contributed by atoms with Crippen molar-refractivity contribution in [2.45, 2.75) is 20.0 Å². The number of nitrogens with one attached hydrogen (secondary N) is 2. The molecule has 0 radical (unpaired) electrons. The lowest BCUT2D eigenvalue weighted by molar-refractivity contribution is 0.128. The smallest absolute Gasteiger partial charge is 0.134 e. The molecule has 1 heterocycles. The van der Waals surface area contributed by atoms with Gasteiger partial charge < -0.3 is 15.4 Å². The molecule has 0 aromatic carbocycles. The van der Waals surface area contributed by atoms with Crippen LogP contribution in [0.5, 0.6) is 0 Å². The van der Waals surface area contributed by atoms with Crippen molar-refractivity contribution in [2.75, 3.05) is 31.3 Å². The minimum Gasteiger partial charge on any atom is -0.380 e. The fraction of sp³-hybridized carbons (Fsp3) is 0.600. The standard InChI is InChI=1S/C10H18N4O/c1-7(15-4)5-12-10-8(2)9(11-3)13-6-14-10/h6-7H,5H2,1-4H3,(H2,11,12,13,14). The van der Waals surface area contributed by atoms with Crippen LogP contribution in [0.1, 0.15) is 12.5 Å². The van der Waals surface area contributed by atoms with Crippen molar-refractivity contribution in [3.8, 4) is 0 Å². The third kappa shape index (κ3) is 3.06. The minimum absolute atomic E-state index is 0.164. The molecule has 0 spiro atoms. The van der Waals surface area contributed by atoms with Gasteiger partial charge in [-0.05, 0) is 13.8 Å². The summed E-state index contributed by atoms with van der Waals surface area (Å²) >= 11 is 0. The Morgan fingerprint density at radius 1 is 1.40 bits per heavy atom. The van der Waals surface area contributed by atoms with Crippen LogP contribution < -0.4 is 10.6 Å². The predicted molar refractivity (Wildman–Crippen MR) is 61.3 cm³/mol. The number of hydrogen-bond acceptors (Lipinski definition) is 5. The highest BCUT2D eigenvalue weighted by molar-refractivity contribution is 5.56. The van der Waals surface area contributed by atoms with Crippen molar-refractivity contribution >= 4 is 11.6 Å². The van der Waals surface area contributed by atoms with Gasteiger partial charge in [-0.2, -0.15) is 0 Å². The van der Waals surface area contributed by atoms with Gasteiger partial charge in [-0.25, -0.2) is 9.97 Å². The Kier molecular flexibility index (Phi) is 4.30. The van der Waals surface area contributed by atoms with Gasteiger partial charge in [0, 0.05) is 26.3 Å². The van der Waals surface area contributed by atoms with Gasteiger partial charge in [-0.15, -0.1) is 0 Å². The molecule has 2 N–H and O–H groups in total. The molecule has 1 unspecified atom stereocenters. The van der Waals surface area contributed by atoms with Crippen molar-refractivity contribution in [2.24, 2.45) is 0 Å². The van der Waals surface area contributed by atoms with Crippen LogP contribution >= 0.6 is 0 Å². The summed E-state index contributed by atoms with van der Waals surface area (Å²) in [6.07, 6.45) is 1.70. The predicted octanol–water partition coefficient (Wildman–Crippen LogP) is 1.27. The molecule has 1 atom stereocenters. The first-order valence-electron chi connectivity index (χ1n) is 4.95. The van der Waals surface area contributed by atoms with Crippen molar-refractivity contribution in [1.82, 2.24) is 9.97 Å².